The third-order valence-corrected chi connectivity index (χ3v) is 2.93. The Bertz CT molecular complexity index is 316. The van der Waals surface area contributed by atoms with Crippen molar-refractivity contribution in [3.8, 4) is 0 Å². The molecule has 1 aromatic rings. The van der Waals surface area contributed by atoms with E-state index in [0.717, 1.165) is 4.88 Å². The molecular formula is C10H15NO3S. The normalized spacial score (nSPS) is 10.3. The van der Waals surface area contributed by atoms with E-state index in [1.807, 2.05) is 6.92 Å². The van der Waals surface area contributed by atoms with Gasteiger partial charge in [-0.3, -0.25) is 0 Å². The zero-order chi connectivity index (χ0) is 11.3. The van der Waals surface area contributed by atoms with Gasteiger partial charge in [-0.05, 0) is 13.0 Å². The second-order valence-electron chi connectivity index (χ2n) is 3.10. The number of hydrogen-bond acceptors (Lipinski definition) is 5. The molecule has 1 aromatic heterocycles. The number of carbonyl (C=O) groups excluding carboxylic acids is 1. The maximum absolute atomic E-state index is 11.5. The Balaban J connectivity index is 2.40. The SMILES string of the molecule is COCCCOC(=O)c1cc(N)c(C)s1. The fourth-order valence-corrected chi connectivity index (χ4v) is 1.87. The van der Waals surface area contributed by atoms with Gasteiger partial charge in [0.1, 0.15) is 4.88 Å². The van der Waals surface area contributed by atoms with Gasteiger partial charge in [0.2, 0.25) is 0 Å². The quantitative estimate of drug-likeness (QED) is 0.618. The van der Waals surface area contributed by atoms with Gasteiger partial charge in [0, 0.05) is 30.7 Å². The van der Waals surface area contributed by atoms with Gasteiger partial charge in [-0.25, -0.2) is 4.79 Å². The van der Waals surface area contributed by atoms with Gasteiger partial charge in [-0.2, -0.15) is 0 Å². The Morgan fingerprint density at radius 2 is 2.27 bits per heavy atom. The summed E-state index contributed by atoms with van der Waals surface area (Å²) < 4.78 is 9.88. The summed E-state index contributed by atoms with van der Waals surface area (Å²) in [4.78, 5) is 13.0. The molecule has 1 rings (SSSR count). The Morgan fingerprint density at radius 1 is 1.53 bits per heavy atom. The summed E-state index contributed by atoms with van der Waals surface area (Å²) in [5, 5.41) is 0. The van der Waals surface area contributed by atoms with Crippen LogP contribution in [0.5, 0.6) is 0 Å². The number of nitrogen functional groups attached to an aromatic ring is 1. The summed E-state index contributed by atoms with van der Waals surface area (Å²) >= 11 is 1.36. The molecule has 0 aliphatic rings. The van der Waals surface area contributed by atoms with E-state index in [-0.39, 0.29) is 5.97 Å². The Kier molecular flexibility index (Phi) is 4.58. The van der Waals surface area contributed by atoms with Crippen molar-refractivity contribution >= 4 is 23.0 Å². The molecule has 0 fully saturated rings. The number of rotatable bonds is 5. The van der Waals surface area contributed by atoms with Crippen molar-refractivity contribution in [2.24, 2.45) is 0 Å². The fourth-order valence-electron chi connectivity index (χ4n) is 1.04. The van der Waals surface area contributed by atoms with E-state index in [2.05, 4.69) is 0 Å². The van der Waals surface area contributed by atoms with Crippen LogP contribution < -0.4 is 5.73 Å². The third kappa shape index (κ3) is 3.53. The molecule has 4 nitrogen and oxygen atoms in total. The van der Waals surface area contributed by atoms with Crippen LogP contribution in [0.25, 0.3) is 0 Å². The van der Waals surface area contributed by atoms with E-state index in [0.29, 0.717) is 30.2 Å². The van der Waals surface area contributed by atoms with Gasteiger partial charge in [-0.15, -0.1) is 11.3 Å². The zero-order valence-corrected chi connectivity index (χ0v) is 9.73. The maximum Gasteiger partial charge on any atom is 0.348 e. The van der Waals surface area contributed by atoms with Gasteiger partial charge < -0.3 is 15.2 Å². The predicted molar refractivity (Wildman–Crippen MR) is 60.2 cm³/mol. The number of esters is 1. The molecule has 0 aliphatic carbocycles. The minimum atomic E-state index is -0.309. The van der Waals surface area contributed by atoms with Crippen LogP contribution in [0.4, 0.5) is 5.69 Å². The first-order valence-corrected chi connectivity index (χ1v) is 5.48. The van der Waals surface area contributed by atoms with Crippen LogP contribution in [0.3, 0.4) is 0 Å². The molecule has 0 spiro atoms. The molecule has 1 heterocycles. The lowest BCUT2D eigenvalue weighted by molar-refractivity contribution is 0.0474. The van der Waals surface area contributed by atoms with Crippen LogP contribution in [-0.4, -0.2) is 26.3 Å². The molecule has 0 amide bonds. The van der Waals surface area contributed by atoms with Gasteiger partial charge in [-0.1, -0.05) is 0 Å². The summed E-state index contributed by atoms with van der Waals surface area (Å²) in [7, 11) is 1.62. The molecule has 0 bridgehead atoms. The highest BCUT2D eigenvalue weighted by Crippen LogP contribution is 2.23. The van der Waals surface area contributed by atoms with E-state index in [4.69, 9.17) is 15.2 Å². The van der Waals surface area contributed by atoms with Crippen molar-refractivity contribution in [3.63, 3.8) is 0 Å². The molecule has 0 saturated carbocycles. The molecule has 0 aromatic carbocycles. The van der Waals surface area contributed by atoms with Crippen molar-refractivity contribution < 1.29 is 14.3 Å². The van der Waals surface area contributed by atoms with Crippen LogP contribution in [0.2, 0.25) is 0 Å². The summed E-state index contributed by atoms with van der Waals surface area (Å²) in [6, 6.07) is 1.65. The minimum Gasteiger partial charge on any atom is -0.461 e. The van der Waals surface area contributed by atoms with Crippen molar-refractivity contribution in [1.29, 1.82) is 0 Å². The van der Waals surface area contributed by atoms with Crippen molar-refractivity contribution in [1.82, 2.24) is 0 Å². The molecule has 0 unspecified atom stereocenters. The lowest BCUT2D eigenvalue weighted by Crippen LogP contribution is -2.06. The van der Waals surface area contributed by atoms with Crippen LogP contribution in [0.1, 0.15) is 21.0 Å². The summed E-state index contributed by atoms with van der Waals surface area (Å²) in [6.45, 7) is 2.85. The Labute approximate surface area is 93.0 Å². The van der Waals surface area contributed by atoms with Gasteiger partial charge >= 0.3 is 5.97 Å². The molecule has 0 radical (unpaired) electrons. The first-order chi connectivity index (χ1) is 7.15. The number of anilines is 1. The molecule has 5 heteroatoms. The molecule has 0 aliphatic heterocycles. The molecular weight excluding hydrogens is 214 g/mol. The van der Waals surface area contributed by atoms with Crippen LogP contribution in [-0.2, 0) is 9.47 Å². The number of hydrogen-bond donors (Lipinski definition) is 1. The lowest BCUT2D eigenvalue weighted by Gasteiger charge is -2.01. The standard InChI is InChI=1S/C10H15NO3S/c1-7-8(11)6-9(15-7)10(12)14-5-3-4-13-2/h6H,3-5,11H2,1-2H3. The zero-order valence-electron chi connectivity index (χ0n) is 8.91. The summed E-state index contributed by atoms with van der Waals surface area (Å²) in [5.74, 6) is -0.309. The third-order valence-electron chi connectivity index (χ3n) is 1.88. The first kappa shape index (κ1) is 12.0. The van der Waals surface area contributed by atoms with Crippen LogP contribution in [0.15, 0.2) is 6.07 Å². The van der Waals surface area contributed by atoms with Crippen molar-refractivity contribution in [2.45, 2.75) is 13.3 Å². The molecule has 2 N–H and O–H groups in total. The molecule has 15 heavy (non-hydrogen) atoms. The van der Waals surface area contributed by atoms with Gasteiger partial charge in [0.25, 0.3) is 0 Å². The number of ether oxygens (including phenoxy) is 2. The first-order valence-electron chi connectivity index (χ1n) is 4.67. The molecule has 84 valence electrons. The van der Waals surface area contributed by atoms with E-state index in [1.54, 1.807) is 13.2 Å². The Morgan fingerprint density at radius 3 is 2.80 bits per heavy atom. The van der Waals surface area contributed by atoms with Crippen molar-refractivity contribution in [3.05, 3.63) is 15.8 Å². The van der Waals surface area contributed by atoms with Gasteiger partial charge in [0.05, 0.1) is 6.61 Å². The number of carbonyl (C=O) groups is 1. The minimum absolute atomic E-state index is 0.309. The van der Waals surface area contributed by atoms with E-state index in [1.165, 1.54) is 11.3 Å². The molecule has 0 atom stereocenters. The largest absolute Gasteiger partial charge is 0.461 e. The van der Waals surface area contributed by atoms with E-state index < -0.39 is 0 Å². The number of methoxy groups -OCH3 is 1. The maximum atomic E-state index is 11.5. The average molecular weight is 229 g/mol. The highest BCUT2D eigenvalue weighted by Gasteiger charge is 2.11. The monoisotopic (exact) mass is 229 g/mol. The fraction of sp³-hybridized carbons (Fsp3) is 0.500. The number of aryl methyl sites for hydroxylation is 1. The number of nitrogens with two attached hydrogens (primary N) is 1. The van der Waals surface area contributed by atoms with Crippen molar-refractivity contribution in [2.75, 3.05) is 26.1 Å². The van der Waals surface area contributed by atoms with Gasteiger partial charge in [0.15, 0.2) is 0 Å². The summed E-state index contributed by atoms with van der Waals surface area (Å²) in [6.07, 6.45) is 0.710. The lowest BCUT2D eigenvalue weighted by atomic mass is 10.4. The summed E-state index contributed by atoms with van der Waals surface area (Å²) in [5.41, 5.74) is 6.28. The van der Waals surface area contributed by atoms with E-state index >= 15 is 0 Å². The topological polar surface area (TPSA) is 61.5 Å². The second-order valence-corrected chi connectivity index (χ2v) is 4.36. The predicted octanol–water partition coefficient (Wildman–Crippen LogP) is 1.83. The van der Waals surface area contributed by atoms with E-state index in [9.17, 15) is 4.79 Å². The smallest absolute Gasteiger partial charge is 0.348 e. The average Bonchev–Trinajstić information content (AvgIpc) is 2.54. The van der Waals surface area contributed by atoms with Crippen LogP contribution >= 0.6 is 11.3 Å². The highest BCUT2D eigenvalue weighted by molar-refractivity contribution is 7.14. The second kappa shape index (κ2) is 5.72. The molecule has 0 saturated heterocycles. The number of thiophene rings is 1. The van der Waals surface area contributed by atoms with Crippen LogP contribution in [0, 0.1) is 6.92 Å². The highest BCUT2D eigenvalue weighted by atomic mass is 32.1. The Hall–Kier alpha value is -1.07.